The Hall–Kier alpha value is -1.17. The van der Waals surface area contributed by atoms with Gasteiger partial charge in [-0.3, -0.25) is 0 Å². The molecule has 1 unspecified atom stereocenters. The Morgan fingerprint density at radius 1 is 1.28 bits per heavy atom. The van der Waals surface area contributed by atoms with E-state index in [2.05, 4.69) is 0 Å². The maximum atomic E-state index is 13.5. The molecule has 102 valence electrons. The predicted molar refractivity (Wildman–Crippen MR) is 67.2 cm³/mol. The van der Waals surface area contributed by atoms with Crippen LogP contribution in [0.25, 0.3) is 0 Å². The summed E-state index contributed by atoms with van der Waals surface area (Å²) in [6, 6.07) is 4.31. The molecule has 0 spiro atoms. The second kappa shape index (κ2) is 8.02. The van der Waals surface area contributed by atoms with Crippen molar-refractivity contribution in [1.82, 2.24) is 0 Å². The fraction of sp³-hybridized carbons (Fsp3) is 0.538. The highest BCUT2D eigenvalue weighted by Gasteiger charge is 2.10. The van der Waals surface area contributed by atoms with Crippen LogP contribution in [0.5, 0.6) is 5.75 Å². The Bertz CT molecular complexity index is 360. The predicted octanol–water partition coefficient (Wildman–Crippen LogP) is 1.89. The number of nitrogens with two attached hydrogens (primary N) is 1. The van der Waals surface area contributed by atoms with E-state index in [-0.39, 0.29) is 11.8 Å². The zero-order valence-corrected chi connectivity index (χ0v) is 10.8. The van der Waals surface area contributed by atoms with Gasteiger partial charge in [-0.1, -0.05) is 6.07 Å². The highest BCUT2D eigenvalue weighted by Crippen LogP contribution is 2.20. The van der Waals surface area contributed by atoms with Crippen molar-refractivity contribution >= 4 is 0 Å². The van der Waals surface area contributed by atoms with Crippen molar-refractivity contribution in [3.63, 3.8) is 0 Å². The van der Waals surface area contributed by atoms with E-state index in [0.717, 1.165) is 0 Å². The molecule has 0 heterocycles. The van der Waals surface area contributed by atoms with Gasteiger partial charge in [0.1, 0.15) is 0 Å². The van der Waals surface area contributed by atoms with Crippen LogP contribution in [0, 0.1) is 5.82 Å². The van der Waals surface area contributed by atoms with E-state index in [1.165, 1.54) is 13.2 Å². The van der Waals surface area contributed by atoms with Gasteiger partial charge >= 0.3 is 0 Å². The monoisotopic (exact) mass is 257 g/mol. The largest absolute Gasteiger partial charge is 0.494 e. The highest BCUT2D eigenvalue weighted by atomic mass is 19.1. The molecule has 18 heavy (non-hydrogen) atoms. The van der Waals surface area contributed by atoms with Gasteiger partial charge in [0.15, 0.2) is 11.6 Å². The third-order valence-corrected chi connectivity index (χ3v) is 2.48. The summed E-state index contributed by atoms with van der Waals surface area (Å²) in [6.07, 6.45) is 0. The summed E-state index contributed by atoms with van der Waals surface area (Å²) >= 11 is 0. The molecule has 0 aromatic heterocycles. The maximum absolute atomic E-state index is 13.5. The molecule has 0 aliphatic carbocycles. The minimum atomic E-state index is -0.417. The lowest BCUT2D eigenvalue weighted by molar-refractivity contribution is 0.0472. The molecular weight excluding hydrogens is 237 g/mol. The molecule has 4 nitrogen and oxygen atoms in total. The van der Waals surface area contributed by atoms with E-state index in [0.29, 0.717) is 32.0 Å². The van der Waals surface area contributed by atoms with Gasteiger partial charge in [-0.15, -0.1) is 0 Å². The van der Waals surface area contributed by atoms with Crippen LogP contribution in [0.3, 0.4) is 0 Å². The average molecular weight is 257 g/mol. The number of halogens is 1. The van der Waals surface area contributed by atoms with Gasteiger partial charge in [0.05, 0.1) is 33.0 Å². The second-order valence-corrected chi connectivity index (χ2v) is 3.77. The van der Waals surface area contributed by atoms with Gasteiger partial charge in [-0.2, -0.15) is 0 Å². The normalized spacial score (nSPS) is 12.4. The zero-order valence-electron chi connectivity index (χ0n) is 10.8. The van der Waals surface area contributed by atoms with E-state index in [9.17, 15) is 4.39 Å². The average Bonchev–Trinajstić information content (AvgIpc) is 2.38. The molecule has 5 heteroatoms. The van der Waals surface area contributed by atoms with Gasteiger partial charge in [0.25, 0.3) is 0 Å². The molecule has 0 aliphatic rings. The first-order chi connectivity index (χ1) is 8.69. The molecule has 0 saturated heterocycles. The maximum Gasteiger partial charge on any atom is 0.165 e. The quantitative estimate of drug-likeness (QED) is 0.722. The lowest BCUT2D eigenvalue weighted by atomic mass is 10.1. The van der Waals surface area contributed by atoms with Crippen LogP contribution in [-0.2, 0) is 9.47 Å². The van der Waals surface area contributed by atoms with Gasteiger partial charge in [-0.25, -0.2) is 4.39 Å². The van der Waals surface area contributed by atoms with Crippen molar-refractivity contribution in [1.29, 1.82) is 0 Å². The number of methoxy groups -OCH3 is 1. The Kier molecular flexibility index (Phi) is 6.64. The number of ether oxygens (including phenoxy) is 3. The number of hydrogen-bond donors (Lipinski definition) is 1. The van der Waals surface area contributed by atoms with Crippen molar-refractivity contribution in [2.45, 2.75) is 13.0 Å². The molecule has 2 N–H and O–H groups in total. The Morgan fingerprint density at radius 3 is 2.61 bits per heavy atom. The molecule has 0 bridgehead atoms. The zero-order chi connectivity index (χ0) is 13.4. The van der Waals surface area contributed by atoms with E-state index in [1.807, 2.05) is 6.92 Å². The first kappa shape index (κ1) is 14.9. The number of benzene rings is 1. The van der Waals surface area contributed by atoms with Crippen LogP contribution >= 0.6 is 0 Å². The van der Waals surface area contributed by atoms with Gasteiger partial charge < -0.3 is 19.9 Å². The highest BCUT2D eigenvalue weighted by molar-refractivity contribution is 5.30. The number of hydrogen-bond acceptors (Lipinski definition) is 4. The summed E-state index contributed by atoms with van der Waals surface area (Å²) in [5.74, 6) is -0.206. The van der Waals surface area contributed by atoms with Crippen LogP contribution in [-0.4, -0.2) is 33.5 Å². The van der Waals surface area contributed by atoms with E-state index in [1.54, 1.807) is 12.1 Å². The van der Waals surface area contributed by atoms with Crippen molar-refractivity contribution in [3.05, 3.63) is 29.6 Å². The molecule has 0 fully saturated rings. The Morgan fingerprint density at radius 2 is 2.00 bits per heavy atom. The van der Waals surface area contributed by atoms with Crippen LogP contribution in [0.1, 0.15) is 18.5 Å². The van der Waals surface area contributed by atoms with Crippen molar-refractivity contribution in [2.24, 2.45) is 5.73 Å². The number of rotatable bonds is 8. The second-order valence-electron chi connectivity index (χ2n) is 3.77. The fourth-order valence-corrected chi connectivity index (χ4v) is 1.48. The van der Waals surface area contributed by atoms with Crippen molar-refractivity contribution in [3.8, 4) is 5.75 Å². The third-order valence-electron chi connectivity index (χ3n) is 2.48. The third kappa shape index (κ3) is 4.60. The first-order valence-electron chi connectivity index (χ1n) is 5.93. The summed E-state index contributed by atoms with van der Waals surface area (Å²) < 4.78 is 28.8. The topological polar surface area (TPSA) is 53.7 Å². The van der Waals surface area contributed by atoms with Crippen molar-refractivity contribution < 1.29 is 18.6 Å². The standard InChI is InChI=1S/C13H20FNO3/c1-3-17-6-7-18-9-12(15)10-4-5-13(16-2)11(14)8-10/h4-5,8,12H,3,6-7,9,15H2,1-2H3. The Balaban J connectivity index is 2.41. The lowest BCUT2D eigenvalue weighted by Crippen LogP contribution is -2.19. The molecule has 0 saturated carbocycles. The van der Waals surface area contributed by atoms with E-state index >= 15 is 0 Å². The summed E-state index contributed by atoms with van der Waals surface area (Å²) in [6.45, 7) is 3.95. The minimum Gasteiger partial charge on any atom is -0.494 e. The van der Waals surface area contributed by atoms with Crippen LogP contribution in [0.2, 0.25) is 0 Å². The molecule has 0 amide bonds. The van der Waals surface area contributed by atoms with Crippen LogP contribution in [0.4, 0.5) is 4.39 Å². The van der Waals surface area contributed by atoms with Crippen molar-refractivity contribution in [2.75, 3.05) is 33.5 Å². The van der Waals surface area contributed by atoms with E-state index in [4.69, 9.17) is 19.9 Å². The first-order valence-corrected chi connectivity index (χ1v) is 5.93. The minimum absolute atomic E-state index is 0.211. The molecular formula is C13H20FNO3. The summed E-state index contributed by atoms with van der Waals surface area (Å²) in [5.41, 5.74) is 6.58. The molecule has 1 aromatic rings. The van der Waals surface area contributed by atoms with Crippen LogP contribution in [0.15, 0.2) is 18.2 Å². The summed E-state index contributed by atoms with van der Waals surface area (Å²) in [4.78, 5) is 0. The fourth-order valence-electron chi connectivity index (χ4n) is 1.48. The molecule has 0 aliphatic heterocycles. The summed E-state index contributed by atoms with van der Waals surface area (Å²) in [7, 11) is 1.43. The van der Waals surface area contributed by atoms with Crippen LogP contribution < -0.4 is 10.5 Å². The summed E-state index contributed by atoms with van der Waals surface area (Å²) in [5, 5.41) is 0. The molecule has 1 rings (SSSR count). The smallest absolute Gasteiger partial charge is 0.165 e. The molecule has 0 radical (unpaired) electrons. The lowest BCUT2D eigenvalue weighted by Gasteiger charge is -2.13. The SMILES string of the molecule is CCOCCOCC(N)c1ccc(OC)c(F)c1. The molecule has 1 atom stereocenters. The van der Waals surface area contributed by atoms with Gasteiger partial charge in [-0.05, 0) is 24.6 Å². The molecule has 1 aromatic carbocycles. The van der Waals surface area contributed by atoms with E-state index < -0.39 is 5.82 Å². The van der Waals surface area contributed by atoms with Gasteiger partial charge in [0.2, 0.25) is 0 Å². The van der Waals surface area contributed by atoms with Gasteiger partial charge in [0, 0.05) is 6.61 Å². The Labute approximate surface area is 107 Å².